The van der Waals surface area contributed by atoms with Crippen LogP contribution in [0.4, 0.5) is 0 Å². The molecule has 7 heteroatoms. The van der Waals surface area contributed by atoms with Crippen LogP contribution >= 0.6 is 11.3 Å². The van der Waals surface area contributed by atoms with Gasteiger partial charge in [0, 0.05) is 42.5 Å². The summed E-state index contributed by atoms with van der Waals surface area (Å²) in [7, 11) is 0. The second-order valence-electron chi connectivity index (χ2n) is 7.03. The quantitative estimate of drug-likeness (QED) is 0.709. The summed E-state index contributed by atoms with van der Waals surface area (Å²) in [6.07, 6.45) is 9.39. The number of aryl methyl sites for hydroxylation is 1. The molecule has 1 saturated heterocycles. The largest absolute Gasteiger partial charge is 0.396 e. The molecule has 4 rings (SSSR count). The van der Waals surface area contributed by atoms with Crippen LogP contribution in [-0.2, 0) is 12.8 Å². The molecule has 1 atom stereocenters. The molecule has 6 nitrogen and oxygen atoms in total. The molecule has 1 N–H and O–H groups in total. The summed E-state index contributed by atoms with van der Waals surface area (Å²) in [5.41, 5.74) is 2.01. The Kier molecular flexibility index (Phi) is 5.50. The number of rotatable bonds is 6. The highest BCUT2D eigenvalue weighted by Crippen LogP contribution is 2.24. The minimum Gasteiger partial charge on any atom is -0.396 e. The van der Waals surface area contributed by atoms with E-state index in [1.165, 1.54) is 11.3 Å². The van der Waals surface area contributed by atoms with E-state index in [0.717, 1.165) is 37.8 Å². The molecule has 4 heterocycles. The number of aliphatic hydroxyl groups is 1. The third kappa shape index (κ3) is 4.04. The van der Waals surface area contributed by atoms with Crippen LogP contribution in [0.2, 0.25) is 0 Å². The van der Waals surface area contributed by atoms with Crippen LogP contribution in [0.3, 0.4) is 0 Å². The highest BCUT2D eigenvalue weighted by Gasteiger charge is 2.29. The molecule has 1 aliphatic rings. The molecule has 1 amide bonds. The Morgan fingerprint density at radius 2 is 2.26 bits per heavy atom. The Morgan fingerprint density at radius 3 is 3.07 bits per heavy atom. The molecular weight excluding hydrogens is 360 g/mol. The van der Waals surface area contributed by atoms with Crippen LogP contribution in [0.25, 0.3) is 5.65 Å². The summed E-state index contributed by atoms with van der Waals surface area (Å²) in [5.74, 6) is 0.0000813. The molecular formula is C20H24N4O2S. The van der Waals surface area contributed by atoms with Crippen molar-refractivity contribution in [3.05, 3.63) is 52.1 Å². The van der Waals surface area contributed by atoms with Gasteiger partial charge in [0.25, 0.3) is 5.91 Å². The normalized spacial score (nSPS) is 17.5. The lowest BCUT2D eigenvalue weighted by Gasteiger charge is -2.35. The summed E-state index contributed by atoms with van der Waals surface area (Å²) < 4.78 is 1.64. The van der Waals surface area contributed by atoms with Crippen LogP contribution < -0.4 is 0 Å². The average molecular weight is 385 g/mol. The number of hydrogen-bond donors (Lipinski definition) is 1. The van der Waals surface area contributed by atoms with E-state index in [0.29, 0.717) is 17.8 Å². The van der Waals surface area contributed by atoms with E-state index >= 15 is 0 Å². The molecule has 0 bridgehead atoms. The number of fused-ring (bicyclic) bond motifs is 1. The fourth-order valence-electron chi connectivity index (χ4n) is 3.76. The molecule has 27 heavy (non-hydrogen) atoms. The number of aliphatic hydroxyl groups excluding tert-OH is 1. The number of aromatic nitrogens is 3. The topological polar surface area (TPSA) is 70.7 Å². The van der Waals surface area contributed by atoms with Crippen LogP contribution in [0.15, 0.2) is 36.0 Å². The van der Waals surface area contributed by atoms with E-state index in [-0.39, 0.29) is 18.6 Å². The smallest absolute Gasteiger partial charge is 0.274 e. The predicted molar refractivity (Wildman–Crippen MR) is 105 cm³/mol. The number of piperidine rings is 1. The Labute approximate surface area is 162 Å². The molecule has 0 unspecified atom stereocenters. The maximum absolute atomic E-state index is 13.1. The first-order valence-electron chi connectivity index (χ1n) is 9.53. The maximum atomic E-state index is 13.1. The zero-order valence-corrected chi connectivity index (χ0v) is 16.1. The van der Waals surface area contributed by atoms with Crippen molar-refractivity contribution in [1.82, 2.24) is 19.5 Å². The van der Waals surface area contributed by atoms with Gasteiger partial charge in [-0.15, -0.1) is 11.3 Å². The summed E-state index contributed by atoms with van der Waals surface area (Å²) in [4.78, 5) is 20.9. The number of carbonyl (C=O) groups is 1. The van der Waals surface area contributed by atoms with E-state index in [1.54, 1.807) is 28.1 Å². The van der Waals surface area contributed by atoms with E-state index in [2.05, 4.69) is 27.6 Å². The van der Waals surface area contributed by atoms with Crippen LogP contribution in [0, 0.1) is 0 Å². The Bertz CT molecular complexity index is 906. The van der Waals surface area contributed by atoms with E-state index < -0.39 is 0 Å². The predicted octanol–water partition coefficient (Wildman–Crippen LogP) is 2.95. The molecule has 3 aromatic rings. The molecule has 142 valence electrons. The minimum atomic E-state index is 0.0000813. The first-order chi connectivity index (χ1) is 13.2. The fourth-order valence-corrected chi connectivity index (χ4v) is 4.48. The lowest BCUT2D eigenvalue weighted by atomic mass is 9.97. The van der Waals surface area contributed by atoms with Crippen LogP contribution in [0.1, 0.15) is 46.6 Å². The van der Waals surface area contributed by atoms with Crippen molar-refractivity contribution >= 4 is 22.9 Å². The van der Waals surface area contributed by atoms with Gasteiger partial charge in [0.15, 0.2) is 11.3 Å². The summed E-state index contributed by atoms with van der Waals surface area (Å²) in [6.45, 7) is 0.866. The summed E-state index contributed by atoms with van der Waals surface area (Å²) in [5, 5.41) is 15.6. The molecule has 3 aromatic heterocycles. The lowest BCUT2D eigenvalue weighted by molar-refractivity contribution is 0.0595. The number of thiophene rings is 1. The average Bonchev–Trinajstić information content (AvgIpc) is 3.35. The number of nitrogens with zero attached hydrogens (tertiary/aromatic N) is 4. The zero-order valence-electron chi connectivity index (χ0n) is 15.3. The monoisotopic (exact) mass is 384 g/mol. The minimum absolute atomic E-state index is 0.0000813. The molecule has 0 radical (unpaired) electrons. The zero-order chi connectivity index (χ0) is 18.6. The van der Waals surface area contributed by atoms with Gasteiger partial charge in [-0.25, -0.2) is 9.50 Å². The van der Waals surface area contributed by atoms with Crippen molar-refractivity contribution in [2.45, 2.75) is 44.6 Å². The van der Waals surface area contributed by atoms with E-state index in [1.807, 2.05) is 11.1 Å². The van der Waals surface area contributed by atoms with Gasteiger partial charge in [0.2, 0.25) is 0 Å². The second-order valence-corrected chi connectivity index (χ2v) is 8.07. The van der Waals surface area contributed by atoms with E-state index in [9.17, 15) is 4.79 Å². The van der Waals surface area contributed by atoms with Crippen molar-refractivity contribution in [3.63, 3.8) is 0 Å². The van der Waals surface area contributed by atoms with Crippen molar-refractivity contribution < 1.29 is 9.90 Å². The van der Waals surface area contributed by atoms with Gasteiger partial charge in [0.05, 0.1) is 0 Å². The van der Waals surface area contributed by atoms with Gasteiger partial charge in [-0.1, -0.05) is 6.07 Å². The van der Waals surface area contributed by atoms with Crippen molar-refractivity contribution in [2.75, 3.05) is 13.2 Å². The van der Waals surface area contributed by atoms with Gasteiger partial charge in [0.1, 0.15) is 0 Å². The Balaban J connectivity index is 1.51. The van der Waals surface area contributed by atoms with Gasteiger partial charge in [-0.3, -0.25) is 4.79 Å². The SMILES string of the molecule is O=C(c1cc2ncc(CCO)cn2n1)N1CCCC[C@H]1CCc1cccs1. The first-order valence-corrected chi connectivity index (χ1v) is 10.4. The second kappa shape index (κ2) is 8.19. The third-order valence-electron chi connectivity index (χ3n) is 5.18. The Hall–Kier alpha value is -2.25. The molecule has 1 aliphatic heterocycles. The highest BCUT2D eigenvalue weighted by molar-refractivity contribution is 7.09. The highest BCUT2D eigenvalue weighted by atomic mass is 32.1. The first kappa shape index (κ1) is 18.1. The van der Waals surface area contributed by atoms with Crippen molar-refractivity contribution in [2.24, 2.45) is 0 Å². The molecule has 1 fully saturated rings. The lowest BCUT2D eigenvalue weighted by Crippen LogP contribution is -2.44. The fraction of sp³-hybridized carbons (Fsp3) is 0.450. The molecule has 0 aliphatic carbocycles. The van der Waals surface area contributed by atoms with Gasteiger partial charge in [-0.05, 0) is 55.5 Å². The molecule has 0 saturated carbocycles. The van der Waals surface area contributed by atoms with Gasteiger partial charge in [-0.2, -0.15) is 5.10 Å². The number of hydrogen-bond acceptors (Lipinski definition) is 5. The Morgan fingerprint density at radius 1 is 1.33 bits per heavy atom. The van der Waals surface area contributed by atoms with E-state index in [4.69, 9.17) is 5.11 Å². The maximum Gasteiger partial charge on any atom is 0.274 e. The number of carbonyl (C=O) groups excluding carboxylic acids is 1. The standard InChI is InChI=1S/C20H24N4O2S/c25-10-8-15-13-21-19-12-18(22-24(19)14-15)20(26)23-9-2-1-4-16(23)6-7-17-5-3-11-27-17/h3,5,11-14,16,25H,1-2,4,6-10H2/t16-/m0/s1. The number of likely N-dealkylation sites (tertiary alicyclic amines) is 1. The number of amides is 1. The summed E-state index contributed by atoms with van der Waals surface area (Å²) >= 11 is 1.78. The van der Waals surface area contributed by atoms with Crippen molar-refractivity contribution in [1.29, 1.82) is 0 Å². The third-order valence-corrected chi connectivity index (χ3v) is 6.11. The van der Waals surface area contributed by atoms with Crippen LogP contribution in [0.5, 0.6) is 0 Å². The molecule has 0 aromatic carbocycles. The van der Waals surface area contributed by atoms with Gasteiger partial charge >= 0.3 is 0 Å². The summed E-state index contributed by atoms with van der Waals surface area (Å²) in [6, 6.07) is 6.28. The van der Waals surface area contributed by atoms with Crippen LogP contribution in [-0.4, -0.2) is 49.7 Å². The molecule has 0 spiro atoms. The van der Waals surface area contributed by atoms with Gasteiger partial charge < -0.3 is 10.0 Å². The van der Waals surface area contributed by atoms with Crippen molar-refractivity contribution in [3.8, 4) is 0 Å².